The van der Waals surface area contributed by atoms with Gasteiger partial charge in [-0.15, -0.1) is 0 Å². The maximum Gasteiger partial charge on any atom is 0.347 e. The molecule has 2 heterocycles. The number of carbonyl (C=O) groups excluding carboxylic acids is 1. The van der Waals surface area contributed by atoms with Crippen LogP contribution in [0.4, 0.5) is 20.7 Å². The Morgan fingerprint density at radius 3 is 2.48 bits per heavy atom. The van der Waals surface area contributed by atoms with Gasteiger partial charge in [0.15, 0.2) is 10.3 Å². The summed E-state index contributed by atoms with van der Waals surface area (Å²) in [7, 11) is 1.68. The lowest BCUT2D eigenvalue weighted by atomic mass is 10.2. The van der Waals surface area contributed by atoms with E-state index in [1.807, 2.05) is 36.4 Å². The number of carbonyl (C=O) groups is 1. The molecule has 1 unspecified atom stereocenters. The van der Waals surface area contributed by atoms with E-state index in [0.717, 1.165) is 17.8 Å². The highest BCUT2D eigenvalue weighted by molar-refractivity contribution is 7.71. The minimum atomic E-state index is -0.627. The second-order valence-electron chi connectivity index (χ2n) is 9.81. The number of rotatable bonds is 7. The van der Waals surface area contributed by atoms with Gasteiger partial charge >= 0.3 is 6.03 Å². The van der Waals surface area contributed by atoms with Crippen LogP contribution in [0.3, 0.4) is 0 Å². The van der Waals surface area contributed by atoms with Crippen LogP contribution in [-0.4, -0.2) is 52.4 Å². The Bertz CT molecular complexity index is 1720. The Morgan fingerprint density at radius 1 is 1.10 bits per heavy atom. The van der Waals surface area contributed by atoms with Gasteiger partial charge in [0.05, 0.1) is 12.7 Å². The zero-order valence-electron chi connectivity index (χ0n) is 23.0. The number of aromatic nitrogens is 2. The third kappa shape index (κ3) is 6.80. The molecule has 3 aromatic carbocycles. The molecule has 5 rings (SSSR count). The van der Waals surface area contributed by atoms with Crippen molar-refractivity contribution in [1.82, 2.24) is 14.0 Å². The Balaban J connectivity index is 1.46. The molecule has 1 aromatic heterocycles. The summed E-state index contributed by atoms with van der Waals surface area (Å²) in [5, 5.41) is 16.5. The van der Waals surface area contributed by atoms with Crippen molar-refractivity contribution in [3.8, 4) is 11.8 Å². The molecule has 0 radical (unpaired) electrons. The normalized spacial score (nSPS) is 15.6. The molecule has 1 aliphatic heterocycles. The summed E-state index contributed by atoms with van der Waals surface area (Å²) in [5.74, 6) is 0.154. The monoisotopic (exact) mass is 583 g/mol. The van der Waals surface area contributed by atoms with Gasteiger partial charge < -0.3 is 19.9 Å². The minimum absolute atomic E-state index is 0.133. The van der Waals surface area contributed by atoms with Crippen LogP contribution < -0.4 is 16.1 Å². The number of urea groups is 1. The van der Waals surface area contributed by atoms with Gasteiger partial charge in [-0.3, -0.25) is 9.47 Å². The molecule has 1 fully saturated rings. The van der Waals surface area contributed by atoms with E-state index < -0.39 is 6.03 Å². The van der Waals surface area contributed by atoms with Gasteiger partial charge in [-0.2, -0.15) is 10.3 Å². The van der Waals surface area contributed by atoms with E-state index in [1.165, 1.54) is 12.1 Å². The van der Waals surface area contributed by atoms with E-state index in [9.17, 15) is 14.4 Å². The molecule has 4 aromatic rings. The summed E-state index contributed by atoms with van der Waals surface area (Å²) in [6.07, 6.45) is -0.195. The summed E-state index contributed by atoms with van der Waals surface area (Å²) in [4.78, 5) is 19.4. The summed E-state index contributed by atoms with van der Waals surface area (Å²) >= 11 is 5.83. The lowest BCUT2D eigenvalue weighted by molar-refractivity contribution is -0.0241. The smallest absolute Gasteiger partial charge is 0.347 e. The molecular formula is C31H30FN7O2S. The van der Waals surface area contributed by atoms with E-state index in [2.05, 4.69) is 26.6 Å². The molecule has 0 spiro atoms. The highest BCUT2D eigenvalue weighted by Gasteiger charge is 2.23. The lowest BCUT2D eigenvalue weighted by Gasteiger charge is -2.33. The largest absolute Gasteiger partial charge is 0.374 e. The second kappa shape index (κ2) is 13.4. The highest BCUT2D eigenvalue weighted by Crippen LogP contribution is 2.20. The van der Waals surface area contributed by atoms with Crippen molar-refractivity contribution >= 4 is 29.8 Å². The number of ether oxygens (including phenoxy) is 1. The highest BCUT2D eigenvalue weighted by atomic mass is 32.1. The van der Waals surface area contributed by atoms with Crippen LogP contribution in [0.1, 0.15) is 11.1 Å². The van der Waals surface area contributed by atoms with E-state index in [-0.39, 0.29) is 23.0 Å². The summed E-state index contributed by atoms with van der Waals surface area (Å²) in [6, 6.07) is 26.5. The predicted octanol–water partition coefficient (Wildman–Crippen LogP) is 5.00. The Morgan fingerprint density at radius 2 is 1.79 bits per heavy atom. The maximum absolute atomic E-state index is 13.4. The van der Waals surface area contributed by atoms with Crippen LogP contribution in [0.5, 0.6) is 0 Å². The van der Waals surface area contributed by atoms with Crippen molar-refractivity contribution in [1.29, 1.82) is 5.26 Å². The average Bonchev–Trinajstić information content (AvgIpc) is 3.01. The number of benzene rings is 3. The fraction of sp³-hybridized carbons (Fsp3) is 0.226. The topological polar surface area (TPSA) is 99.6 Å². The van der Waals surface area contributed by atoms with Gasteiger partial charge in [0.1, 0.15) is 23.3 Å². The third-order valence-corrected chi connectivity index (χ3v) is 7.33. The first-order valence-electron chi connectivity index (χ1n) is 13.5. The standard InChI is InChI=1S/C31H30FN7O2S/c1-37-29(36-30(40)35-24-8-4-2-5-9-24)27(18-33)28(39(31(37)42)25-10-6-3-7-11-25)34-19-26-21-38(16-17-41-26)20-22-12-14-23(32)15-13-22/h2-15,26,34H,16-17,19-21H2,1H3,(H,35,40)/b36-29-. The first kappa shape index (κ1) is 28.9. The van der Waals surface area contributed by atoms with Crippen molar-refractivity contribution in [3.63, 3.8) is 0 Å². The van der Waals surface area contributed by atoms with Crippen LogP contribution in [0.25, 0.3) is 5.69 Å². The van der Waals surface area contributed by atoms with Crippen molar-refractivity contribution in [2.45, 2.75) is 12.6 Å². The lowest BCUT2D eigenvalue weighted by Crippen LogP contribution is -2.45. The summed E-state index contributed by atoms with van der Waals surface area (Å²) < 4.78 is 23.1. The second-order valence-corrected chi connectivity index (χ2v) is 10.2. The van der Waals surface area contributed by atoms with Crippen LogP contribution in [0.15, 0.2) is 89.9 Å². The Labute approximate surface area is 248 Å². The summed E-state index contributed by atoms with van der Waals surface area (Å²) in [6.45, 7) is 2.96. The van der Waals surface area contributed by atoms with E-state index >= 15 is 0 Å². The number of hydrogen-bond donors (Lipinski definition) is 2. The number of hydrogen-bond acceptors (Lipinski definition) is 6. The number of nitrogens with zero attached hydrogens (tertiary/aromatic N) is 5. The number of nitrogens with one attached hydrogen (secondary N) is 2. The van der Waals surface area contributed by atoms with Crippen molar-refractivity contribution in [3.05, 3.63) is 112 Å². The molecule has 214 valence electrons. The minimum Gasteiger partial charge on any atom is -0.374 e. The molecule has 9 nitrogen and oxygen atoms in total. The Kier molecular flexibility index (Phi) is 9.18. The van der Waals surface area contributed by atoms with Gasteiger partial charge in [0, 0.05) is 44.6 Å². The van der Waals surface area contributed by atoms with Crippen LogP contribution in [-0.2, 0) is 18.3 Å². The number of anilines is 2. The molecule has 2 amide bonds. The first-order valence-corrected chi connectivity index (χ1v) is 13.9. The summed E-state index contributed by atoms with van der Waals surface area (Å²) in [5.41, 5.74) is 2.65. The molecule has 2 N–H and O–H groups in total. The molecule has 1 aliphatic rings. The van der Waals surface area contributed by atoms with E-state index in [0.29, 0.717) is 42.5 Å². The predicted molar refractivity (Wildman–Crippen MR) is 161 cm³/mol. The SMILES string of the molecule is Cn1c(=S)n(-c2ccccc2)c(NCC2CN(Cc3ccc(F)cc3)CCO2)c(C#N)/c1=N/C(=O)Nc1ccccc1. The van der Waals surface area contributed by atoms with Gasteiger partial charge in [-0.25, -0.2) is 9.18 Å². The molecule has 1 saturated heterocycles. The number of amides is 2. The Hall–Kier alpha value is -4.63. The number of nitriles is 1. The zero-order chi connectivity index (χ0) is 29.5. The maximum atomic E-state index is 13.4. The van der Waals surface area contributed by atoms with Crippen molar-refractivity contribution in [2.75, 3.05) is 36.9 Å². The molecule has 42 heavy (non-hydrogen) atoms. The average molecular weight is 584 g/mol. The van der Waals surface area contributed by atoms with Gasteiger partial charge in [-0.1, -0.05) is 48.5 Å². The number of halogens is 1. The van der Waals surface area contributed by atoms with Crippen LogP contribution in [0.2, 0.25) is 0 Å². The number of morpholine rings is 1. The quantitative estimate of drug-likeness (QED) is 0.297. The van der Waals surface area contributed by atoms with Gasteiger partial charge in [-0.05, 0) is 54.2 Å². The van der Waals surface area contributed by atoms with Crippen LogP contribution in [0, 0.1) is 21.9 Å². The molecule has 11 heteroatoms. The van der Waals surface area contributed by atoms with E-state index in [1.54, 1.807) is 52.6 Å². The van der Waals surface area contributed by atoms with Crippen molar-refractivity contribution in [2.24, 2.45) is 12.0 Å². The zero-order valence-corrected chi connectivity index (χ0v) is 23.9. The fourth-order valence-corrected chi connectivity index (χ4v) is 5.10. The van der Waals surface area contributed by atoms with Gasteiger partial charge in [0.25, 0.3) is 0 Å². The fourth-order valence-electron chi connectivity index (χ4n) is 4.81. The molecule has 1 atom stereocenters. The molecular weight excluding hydrogens is 553 g/mol. The van der Waals surface area contributed by atoms with Crippen LogP contribution >= 0.6 is 12.2 Å². The molecule has 0 bridgehead atoms. The first-order chi connectivity index (χ1) is 20.4. The van der Waals surface area contributed by atoms with E-state index in [4.69, 9.17) is 17.0 Å². The molecule has 0 aliphatic carbocycles. The molecule has 0 saturated carbocycles. The van der Waals surface area contributed by atoms with Gasteiger partial charge in [0.2, 0.25) is 0 Å². The van der Waals surface area contributed by atoms with Crippen molar-refractivity contribution < 1.29 is 13.9 Å². The third-order valence-electron chi connectivity index (χ3n) is 6.88. The number of para-hydroxylation sites is 2.